The molecule has 1 aliphatic heterocycles. The van der Waals surface area contributed by atoms with Crippen molar-refractivity contribution in [2.75, 3.05) is 18.8 Å². The Morgan fingerprint density at radius 2 is 1.97 bits per heavy atom. The number of carbonyl (C=O) groups excluding carboxylic acids is 1. The fraction of sp³-hybridized carbons (Fsp3) is 0.192. The highest BCUT2D eigenvalue weighted by Crippen LogP contribution is 2.34. The second-order valence-electron chi connectivity index (χ2n) is 8.08. The molecule has 1 aromatic carbocycles. The number of aromatic nitrogens is 4. The van der Waals surface area contributed by atoms with Crippen molar-refractivity contribution in [3.05, 3.63) is 66.1 Å². The summed E-state index contributed by atoms with van der Waals surface area (Å²) >= 11 is 0. The number of nitrogens with zero attached hydrogens (tertiary/aromatic N) is 6. The predicted octanol–water partition coefficient (Wildman–Crippen LogP) is 3.38. The number of ether oxygens (including phenoxy) is 1. The number of nitrogens with two attached hydrogens (primary N) is 1. The van der Waals surface area contributed by atoms with Gasteiger partial charge in [-0.2, -0.15) is 5.26 Å². The number of nitriles is 1. The lowest BCUT2D eigenvalue weighted by molar-refractivity contribution is -0.124. The number of nitrogen functional groups attached to an aromatic ring is 1. The molecule has 4 aromatic rings. The number of anilines is 1. The Bertz CT molecular complexity index is 1520. The highest BCUT2D eigenvalue weighted by molar-refractivity contribution is 5.93. The minimum Gasteiger partial charge on any atom is -0.439 e. The van der Waals surface area contributed by atoms with Crippen LogP contribution >= 0.6 is 0 Å². The molecule has 0 radical (unpaired) electrons. The van der Waals surface area contributed by atoms with Crippen LogP contribution < -0.4 is 10.5 Å². The molecular weight excluding hydrogens is 442 g/mol. The number of likely N-dealkylation sites (tertiary alicyclic amines) is 1. The minimum absolute atomic E-state index is 0.0734. The highest BCUT2D eigenvalue weighted by atomic mass is 16.5. The third-order valence-electron chi connectivity index (χ3n) is 5.90. The molecule has 1 atom stereocenters. The molecule has 9 nitrogen and oxygen atoms in total. The van der Waals surface area contributed by atoms with Gasteiger partial charge in [-0.25, -0.2) is 15.0 Å². The van der Waals surface area contributed by atoms with Crippen molar-refractivity contribution in [1.82, 2.24) is 24.3 Å². The quantitative estimate of drug-likeness (QED) is 0.460. The van der Waals surface area contributed by atoms with Crippen LogP contribution in [0, 0.1) is 23.2 Å². The summed E-state index contributed by atoms with van der Waals surface area (Å²) in [7, 11) is 0. The number of benzene rings is 1. The Kier molecular flexibility index (Phi) is 5.74. The summed E-state index contributed by atoms with van der Waals surface area (Å²) in [4.78, 5) is 27.3. The van der Waals surface area contributed by atoms with Gasteiger partial charge in [-0.05, 0) is 55.7 Å². The van der Waals surface area contributed by atoms with E-state index in [4.69, 9.17) is 20.7 Å². The van der Waals surface area contributed by atoms with Gasteiger partial charge in [0.1, 0.15) is 11.6 Å². The van der Waals surface area contributed by atoms with E-state index in [9.17, 15) is 4.79 Å². The van der Waals surface area contributed by atoms with Crippen molar-refractivity contribution in [2.24, 2.45) is 0 Å². The zero-order chi connectivity index (χ0) is 24.4. The summed E-state index contributed by atoms with van der Waals surface area (Å²) in [6.45, 7) is 2.86. The third kappa shape index (κ3) is 4.23. The first-order valence-electron chi connectivity index (χ1n) is 11.1. The van der Waals surface area contributed by atoms with Crippen LogP contribution in [-0.4, -0.2) is 43.2 Å². The molecule has 0 aliphatic carbocycles. The van der Waals surface area contributed by atoms with Crippen LogP contribution in [0.5, 0.6) is 11.6 Å². The van der Waals surface area contributed by atoms with Gasteiger partial charge in [-0.1, -0.05) is 5.92 Å². The number of amides is 1. The van der Waals surface area contributed by atoms with E-state index in [1.807, 2.05) is 34.7 Å². The van der Waals surface area contributed by atoms with E-state index in [0.717, 1.165) is 23.2 Å². The fourth-order valence-corrected chi connectivity index (χ4v) is 4.26. The van der Waals surface area contributed by atoms with E-state index in [1.54, 1.807) is 30.2 Å². The van der Waals surface area contributed by atoms with Crippen LogP contribution in [0.3, 0.4) is 0 Å². The van der Waals surface area contributed by atoms with Crippen LogP contribution in [0.25, 0.3) is 16.9 Å². The topological polar surface area (TPSA) is 122 Å². The molecule has 0 saturated carbocycles. The maximum atomic E-state index is 12.2. The van der Waals surface area contributed by atoms with Crippen molar-refractivity contribution in [2.45, 2.75) is 19.3 Å². The van der Waals surface area contributed by atoms with Gasteiger partial charge in [0.15, 0.2) is 0 Å². The molecule has 1 fully saturated rings. The lowest BCUT2D eigenvalue weighted by Gasteiger charge is -2.12. The van der Waals surface area contributed by atoms with Gasteiger partial charge in [-0.3, -0.25) is 9.20 Å². The van der Waals surface area contributed by atoms with Gasteiger partial charge < -0.3 is 15.4 Å². The molecule has 1 aliphatic rings. The van der Waals surface area contributed by atoms with E-state index < -0.39 is 0 Å². The van der Waals surface area contributed by atoms with Gasteiger partial charge in [-0.15, -0.1) is 0 Å². The molecule has 2 N–H and O–H groups in total. The summed E-state index contributed by atoms with van der Waals surface area (Å²) in [6, 6.07) is 14.5. The number of fused-ring (bicyclic) bond motifs is 1. The van der Waals surface area contributed by atoms with Gasteiger partial charge in [0.25, 0.3) is 5.91 Å². The lowest BCUT2D eigenvalue weighted by Crippen LogP contribution is -2.26. The van der Waals surface area contributed by atoms with Gasteiger partial charge >= 0.3 is 0 Å². The summed E-state index contributed by atoms with van der Waals surface area (Å²) < 4.78 is 7.62. The summed E-state index contributed by atoms with van der Waals surface area (Å²) in [6.07, 6.45) is 4.00. The molecule has 3 aromatic heterocycles. The third-order valence-corrected chi connectivity index (χ3v) is 5.90. The Morgan fingerprint density at radius 3 is 2.74 bits per heavy atom. The number of carbonyl (C=O) groups is 1. The van der Waals surface area contributed by atoms with E-state index >= 15 is 0 Å². The molecule has 9 heteroatoms. The van der Waals surface area contributed by atoms with Crippen molar-refractivity contribution in [1.29, 1.82) is 5.26 Å². The van der Waals surface area contributed by atoms with Crippen LogP contribution in [0.4, 0.5) is 5.95 Å². The van der Waals surface area contributed by atoms with E-state index in [-0.39, 0.29) is 11.8 Å². The fourth-order valence-electron chi connectivity index (χ4n) is 4.26. The molecule has 0 spiro atoms. The predicted molar refractivity (Wildman–Crippen MR) is 129 cm³/mol. The Morgan fingerprint density at radius 1 is 1.17 bits per heavy atom. The summed E-state index contributed by atoms with van der Waals surface area (Å²) in [5, 5.41) is 9.06. The van der Waals surface area contributed by atoms with Crippen molar-refractivity contribution < 1.29 is 9.53 Å². The van der Waals surface area contributed by atoms with Crippen molar-refractivity contribution in [3.63, 3.8) is 0 Å². The number of imidazole rings is 1. The van der Waals surface area contributed by atoms with Gasteiger partial charge in [0.2, 0.25) is 11.8 Å². The second kappa shape index (κ2) is 9.16. The average molecular weight is 464 g/mol. The molecule has 1 amide bonds. The molecular formula is C26H21N7O2. The monoisotopic (exact) mass is 463 g/mol. The van der Waals surface area contributed by atoms with Crippen molar-refractivity contribution in [3.8, 4) is 40.9 Å². The van der Waals surface area contributed by atoms with Crippen LogP contribution in [-0.2, 0) is 4.79 Å². The van der Waals surface area contributed by atoms with Crippen LogP contribution in [0.1, 0.15) is 30.5 Å². The normalized spacial score (nSPS) is 14.9. The SMILES string of the molecule is CC#CC(=O)N1CCC(c2nc(-c3ccc(Oc4cc(C#N)ccn4)cc3)n3c(N)nccc23)C1. The maximum Gasteiger partial charge on any atom is 0.298 e. The van der Waals surface area contributed by atoms with Gasteiger partial charge in [0.05, 0.1) is 22.8 Å². The Hall–Kier alpha value is -4.89. The number of hydrogen-bond donors (Lipinski definition) is 1. The zero-order valence-corrected chi connectivity index (χ0v) is 19.0. The summed E-state index contributed by atoms with van der Waals surface area (Å²) in [5.41, 5.74) is 9.30. The summed E-state index contributed by atoms with van der Waals surface area (Å²) in [5.74, 6) is 7.11. The molecule has 1 saturated heterocycles. The van der Waals surface area contributed by atoms with E-state index in [0.29, 0.717) is 42.1 Å². The molecule has 35 heavy (non-hydrogen) atoms. The highest BCUT2D eigenvalue weighted by Gasteiger charge is 2.30. The first-order valence-corrected chi connectivity index (χ1v) is 11.1. The Balaban J connectivity index is 1.46. The zero-order valence-electron chi connectivity index (χ0n) is 19.0. The standard InChI is InChI=1S/C26H21N7O2/c1-2-3-23(34)32-13-10-19(16-32)24-21-9-12-30-26(28)33(21)25(31-24)18-4-6-20(7-5-18)35-22-14-17(15-27)8-11-29-22/h4-9,11-12,14,19H,10,13,16H2,1H3,(H2,28,30). The Labute approximate surface area is 201 Å². The largest absolute Gasteiger partial charge is 0.439 e. The molecule has 172 valence electrons. The molecule has 4 heterocycles. The number of pyridine rings is 1. The lowest BCUT2D eigenvalue weighted by atomic mass is 10.0. The number of hydrogen-bond acceptors (Lipinski definition) is 7. The molecule has 5 rings (SSSR count). The smallest absolute Gasteiger partial charge is 0.298 e. The van der Waals surface area contributed by atoms with Crippen molar-refractivity contribution >= 4 is 17.4 Å². The van der Waals surface area contributed by atoms with E-state index in [2.05, 4.69) is 27.9 Å². The first-order chi connectivity index (χ1) is 17.1. The minimum atomic E-state index is -0.162. The van der Waals surface area contributed by atoms with Gasteiger partial charge in [0, 0.05) is 43.0 Å². The number of rotatable bonds is 4. The molecule has 1 unspecified atom stereocenters. The van der Waals surface area contributed by atoms with Crippen LogP contribution in [0.15, 0.2) is 54.9 Å². The molecule has 0 bridgehead atoms. The van der Waals surface area contributed by atoms with Crippen LogP contribution in [0.2, 0.25) is 0 Å². The maximum absolute atomic E-state index is 12.2. The second-order valence-corrected chi connectivity index (χ2v) is 8.08. The average Bonchev–Trinajstić information content (AvgIpc) is 3.51. The first kappa shape index (κ1) is 21.9. The van der Waals surface area contributed by atoms with E-state index in [1.165, 1.54) is 6.20 Å².